The quantitative estimate of drug-likeness (QED) is 0.560. The van der Waals surface area contributed by atoms with Crippen molar-refractivity contribution in [1.29, 1.82) is 0 Å². The van der Waals surface area contributed by atoms with Crippen LogP contribution in [0.3, 0.4) is 0 Å². The highest BCUT2D eigenvalue weighted by Gasteiger charge is 2.19. The van der Waals surface area contributed by atoms with Gasteiger partial charge in [-0.1, -0.05) is 59.1 Å². The number of halogens is 1. The van der Waals surface area contributed by atoms with Gasteiger partial charge in [0.2, 0.25) is 0 Å². The highest BCUT2D eigenvalue weighted by Crippen LogP contribution is 2.26. The third-order valence-corrected chi connectivity index (χ3v) is 5.66. The number of carbonyl (C=O) groups is 2. The molecule has 1 aromatic heterocycles. The summed E-state index contributed by atoms with van der Waals surface area (Å²) in [5.41, 5.74) is 2.68. The summed E-state index contributed by atoms with van der Waals surface area (Å²) in [6.45, 7) is -0.278. The van der Waals surface area contributed by atoms with Crippen LogP contribution in [0.25, 0.3) is 22.2 Å². The van der Waals surface area contributed by atoms with E-state index in [0.29, 0.717) is 22.2 Å². The largest absolute Gasteiger partial charge is 0.452 e. The minimum atomic E-state index is -0.525. The molecule has 148 valence electrons. The number of nitrogens with one attached hydrogen (secondary N) is 1. The van der Waals surface area contributed by atoms with Crippen molar-refractivity contribution in [2.24, 2.45) is 0 Å². The number of hydrogen-bond acceptors (Lipinski definition) is 4. The van der Waals surface area contributed by atoms with Crippen molar-refractivity contribution in [1.82, 2.24) is 10.3 Å². The maximum atomic E-state index is 12.8. The summed E-state index contributed by atoms with van der Waals surface area (Å²) < 4.78 is 6.30. The fourth-order valence-corrected chi connectivity index (χ4v) is 3.93. The van der Waals surface area contributed by atoms with E-state index >= 15 is 0 Å². The Morgan fingerprint density at radius 3 is 2.55 bits per heavy atom. The van der Waals surface area contributed by atoms with Gasteiger partial charge >= 0.3 is 5.97 Å². The van der Waals surface area contributed by atoms with Gasteiger partial charge in [-0.05, 0) is 37.1 Å². The lowest BCUT2D eigenvalue weighted by molar-refractivity contribution is -0.124. The number of para-hydroxylation sites is 1. The Kier molecular flexibility index (Phi) is 5.90. The smallest absolute Gasteiger partial charge is 0.339 e. The third kappa shape index (κ3) is 4.65. The van der Waals surface area contributed by atoms with E-state index in [-0.39, 0.29) is 18.6 Å². The van der Waals surface area contributed by atoms with Crippen LogP contribution in [0.15, 0.2) is 59.1 Å². The van der Waals surface area contributed by atoms with E-state index < -0.39 is 5.97 Å². The molecular weight excluding hydrogens is 432 g/mol. The molecule has 5 nitrogen and oxygen atoms in total. The van der Waals surface area contributed by atoms with Gasteiger partial charge in [0.1, 0.15) is 0 Å². The first-order valence-electron chi connectivity index (χ1n) is 9.72. The van der Waals surface area contributed by atoms with Crippen LogP contribution < -0.4 is 5.32 Å². The van der Waals surface area contributed by atoms with Crippen LogP contribution in [-0.4, -0.2) is 29.5 Å². The number of benzene rings is 2. The number of pyridine rings is 1. The number of amides is 1. The van der Waals surface area contributed by atoms with Crippen LogP contribution in [0.2, 0.25) is 0 Å². The number of nitrogens with zero attached hydrogens (tertiary/aromatic N) is 1. The average Bonchev–Trinajstić information content (AvgIpc) is 3.24. The van der Waals surface area contributed by atoms with Crippen molar-refractivity contribution in [3.05, 3.63) is 64.6 Å². The van der Waals surface area contributed by atoms with Crippen LogP contribution >= 0.6 is 15.9 Å². The summed E-state index contributed by atoms with van der Waals surface area (Å²) in [6, 6.07) is 17.1. The van der Waals surface area contributed by atoms with E-state index in [0.717, 1.165) is 35.7 Å². The molecule has 1 aliphatic rings. The van der Waals surface area contributed by atoms with Crippen molar-refractivity contribution in [3.63, 3.8) is 0 Å². The molecule has 0 radical (unpaired) electrons. The molecule has 0 saturated heterocycles. The monoisotopic (exact) mass is 452 g/mol. The van der Waals surface area contributed by atoms with Crippen LogP contribution in [0.4, 0.5) is 0 Å². The molecule has 4 rings (SSSR count). The Hall–Kier alpha value is -2.73. The van der Waals surface area contributed by atoms with Gasteiger partial charge in [-0.2, -0.15) is 0 Å². The molecule has 0 spiro atoms. The first-order chi connectivity index (χ1) is 14.1. The lowest BCUT2D eigenvalue weighted by atomic mass is 10.0. The fourth-order valence-electron chi connectivity index (χ4n) is 3.66. The van der Waals surface area contributed by atoms with E-state index in [9.17, 15) is 9.59 Å². The van der Waals surface area contributed by atoms with Crippen LogP contribution in [-0.2, 0) is 9.53 Å². The predicted molar refractivity (Wildman–Crippen MR) is 116 cm³/mol. The summed E-state index contributed by atoms with van der Waals surface area (Å²) in [4.78, 5) is 29.6. The Balaban J connectivity index is 1.57. The molecule has 1 heterocycles. The normalized spacial score (nSPS) is 14.1. The van der Waals surface area contributed by atoms with Gasteiger partial charge in [0, 0.05) is 21.5 Å². The zero-order chi connectivity index (χ0) is 20.2. The number of fused-ring (bicyclic) bond motifs is 1. The van der Waals surface area contributed by atoms with Gasteiger partial charge in [-0.3, -0.25) is 4.79 Å². The highest BCUT2D eigenvalue weighted by molar-refractivity contribution is 9.10. The van der Waals surface area contributed by atoms with Crippen LogP contribution in [0.5, 0.6) is 0 Å². The molecule has 1 saturated carbocycles. The van der Waals surface area contributed by atoms with Crippen molar-refractivity contribution in [2.75, 3.05) is 6.61 Å². The summed E-state index contributed by atoms with van der Waals surface area (Å²) in [5, 5.41) is 3.64. The van der Waals surface area contributed by atoms with Gasteiger partial charge in [0.25, 0.3) is 5.91 Å². The number of hydrogen-bond donors (Lipinski definition) is 1. The zero-order valence-corrected chi connectivity index (χ0v) is 17.4. The van der Waals surface area contributed by atoms with E-state index in [1.807, 2.05) is 48.5 Å². The molecule has 0 unspecified atom stereocenters. The molecule has 2 aromatic carbocycles. The summed E-state index contributed by atoms with van der Waals surface area (Å²) >= 11 is 3.43. The molecule has 1 aliphatic carbocycles. The second-order valence-electron chi connectivity index (χ2n) is 7.20. The van der Waals surface area contributed by atoms with Gasteiger partial charge < -0.3 is 10.1 Å². The lowest BCUT2D eigenvalue weighted by Crippen LogP contribution is -2.35. The first kappa shape index (κ1) is 19.6. The average molecular weight is 453 g/mol. The molecule has 0 atom stereocenters. The SMILES string of the molecule is O=C(COC(=O)c1cc(-c2ccc(Br)cc2)nc2ccccc12)NC1CCCC1. The summed E-state index contributed by atoms with van der Waals surface area (Å²) in [6.07, 6.45) is 4.25. The molecule has 1 N–H and O–H groups in total. The second-order valence-corrected chi connectivity index (χ2v) is 8.12. The predicted octanol–water partition coefficient (Wildman–Crippen LogP) is 4.88. The minimum Gasteiger partial charge on any atom is -0.452 e. The minimum absolute atomic E-state index is 0.201. The molecule has 0 aliphatic heterocycles. The molecule has 3 aromatic rings. The Morgan fingerprint density at radius 1 is 1.07 bits per heavy atom. The highest BCUT2D eigenvalue weighted by atomic mass is 79.9. The van der Waals surface area contributed by atoms with Crippen molar-refractivity contribution >= 4 is 38.7 Å². The Bertz CT molecular complexity index is 1040. The van der Waals surface area contributed by atoms with Crippen LogP contribution in [0, 0.1) is 0 Å². The number of ether oxygens (including phenoxy) is 1. The van der Waals surface area contributed by atoms with E-state index in [1.54, 1.807) is 6.07 Å². The zero-order valence-electron chi connectivity index (χ0n) is 15.9. The van der Waals surface area contributed by atoms with Gasteiger partial charge in [-0.15, -0.1) is 0 Å². The van der Waals surface area contributed by atoms with Crippen molar-refractivity contribution in [2.45, 2.75) is 31.7 Å². The van der Waals surface area contributed by atoms with E-state index in [4.69, 9.17) is 4.74 Å². The van der Waals surface area contributed by atoms with Crippen molar-refractivity contribution < 1.29 is 14.3 Å². The molecule has 6 heteroatoms. The number of rotatable bonds is 5. The van der Waals surface area contributed by atoms with E-state index in [1.165, 1.54) is 0 Å². The molecular formula is C23H21BrN2O3. The Labute approximate surface area is 177 Å². The standard InChI is InChI=1S/C23H21BrN2O3/c24-16-11-9-15(10-12-16)21-13-19(18-7-3-4-8-20(18)26-21)23(28)29-14-22(27)25-17-5-1-2-6-17/h3-4,7-13,17H,1-2,5-6,14H2,(H,25,27). The first-order valence-corrected chi connectivity index (χ1v) is 10.5. The van der Waals surface area contributed by atoms with Gasteiger partial charge in [0.05, 0.1) is 16.8 Å². The lowest BCUT2D eigenvalue weighted by Gasteiger charge is -2.13. The topological polar surface area (TPSA) is 68.3 Å². The maximum absolute atomic E-state index is 12.8. The van der Waals surface area contributed by atoms with E-state index in [2.05, 4.69) is 26.2 Å². The maximum Gasteiger partial charge on any atom is 0.339 e. The molecule has 1 fully saturated rings. The van der Waals surface area contributed by atoms with Crippen LogP contribution in [0.1, 0.15) is 36.0 Å². The van der Waals surface area contributed by atoms with Crippen molar-refractivity contribution in [3.8, 4) is 11.3 Å². The Morgan fingerprint density at radius 2 is 1.79 bits per heavy atom. The van der Waals surface area contributed by atoms with Gasteiger partial charge in [0.15, 0.2) is 6.61 Å². The second kappa shape index (κ2) is 8.74. The number of carbonyl (C=O) groups excluding carboxylic acids is 2. The van der Waals surface area contributed by atoms with Gasteiger partial charge in [-0.25, -0.2) is 9.78 Å². The molecule has 1 amide bonds. The fraction of sp³-hybridized carbons (Fsp3) is 0.261. The number of aromatic nitrogens is 1. The number of esters is 1. The molecule has 0 bridgehead atoms. The summed E-state index contributed by atoms with van der Waals surface area (Å²) in [7, 11) is 0. The third-order valence-electron chi connectivity index (χ3n) is 5.13. The summed E-state index contributed by atoms with van der Waals surface area (Å²) in [5.74, 6) is -0.778. The molecule has 29 heavy (non-hydrogen) atoms.